The average molecular weight is 198 g/mol. The maximum atomic E-state index is 11.1. The molecule has 0 aliphatic carbocycles. The molecule has 0 heterocycles. The first kappa shape index (κ1) is 12.5. The van der Waals surface area contributed by atoms with Gasteiger partial charge in [-0.2, -0.15) is 0 Å². The quantitative estimate of drug-likeness (QED) is 0.381. The van der Waals surface area contributed by atoms with Crippen molar-refractivity contribution in [3.63, 3.8) is 0 Å². The van der Waals surface area contributed by atoms with Gasteiger partial charge in [0.25, 0.3) is 0 Å². The molecule has 0 saturated heterocycles. The SMILES string of the molecule is CCC#CCC(C(=O)OC)C(=O)OC. The van der Waals surface area contributed by atoms with Gasteiger partial charge in [-0.1, -0.05) is 6.92 Å². The molecule has 0 atom stereocenters. The number of rotatable bonds is 3. The van der Waals surface area contributed by atoms with Crippen LogP contribution >= 0.6 is 0 Å². The van der Waals surface area contributed by atoms with Gasteiger partial charge in [-0.15, -0.1) is 11.8 Å². The van der Waals surface area contributed by atoms with Crippen LogP contribution in [-0.2, 0) is 19.1 Å². The van der Waals surface area contributed by atoms with Crippen molar-refractivity contribution in [2.75, 3.05) is 14.2 Å². The molecule has 0 aromatic heterocycles. The first-order chi connectivity index (χ1) is 6.67. The summed E-state index contributed by atoms with van der Waals surface area (Å²) in [5, 5.41) is 0. The Hall–Kier alpha value is -1.50. The predicted octanol–water partition coefficient (Wildman–Crippen LogP) is 0.752. The Morgan fingerprint density at radius 1 is 1.14 bits per heavy atom. The lowest BCUT2D eigenvalue weighted by Gasteiger charge is -2.08. The number of ether oxygens (including phenoxy) is 2. The van der Waals surface area contributed by atoms with Crippen LogP contribution in [0.3, 0.4) is 0 Å². The maximum absolute atomic E-state index is 11.1. The molecule has 0 amide bonds. The molecule has 0 unspecified atom stereocenters. The zero-order valence-electron chi connectivity index (χ0n) is 8.62. The van der Waals surface area contributed by atoms with E-state index >= 15 is 0 Å². The van der Waals surface area contributed by atoms with E-state index in [1.165, 1.54) is 14.2 Å². The highest BCUT2D eigenvalue weighted by Gasteiger charge is 2.27. The molecule has 0 rings (SSSR count). The molecule has 0 aromatic rings. The van der Waals surface area contributed by atoms with Gasteiger partial charge in [-0.05, 0) is 0 Å². The zero-order valence-corrected chi connectivity index (χ0v) is 8.62. The fourth-order valence-electron chi connectivity index (χ4n) is 0.847. The minimum absolute atomic E-state index is 0.146. The second-order valence-corrected chi connectivity index (χ2v) is 2.51. The van der Waals surface area contributed by atoms with Crippen molar-refractivity contribution in [3.8, 4) is 11.8 Å². The van der Waals surface area contributed by atoms with Gasteiger partial charge in [-0.25, -0.2) is 0 Å². The van der Waals surface area contributed by atoms with Crippen LogP contribution in [0.2, 0.25) is 0 Å². The van der Waals surface area contributed by atoms with Crippen molar-refractivity contribution in [1.82, 2.24) is 0 Å². The third-order valence-corrected chi connectivity index (χ3v) is 1.58. The number of esters is 2. The Balaban J connectivity index is 4.40. The molecular weight excluding hydrogens is 184 g/mol. The van der Waals surface area contributed by atoms with E-state index in [1.807, 2.05) is 6.92 Å². The van der Waals surface area contributed by atoms with E-state index in [0.717, 1.165) is 0 Å². The fraction of sp³-hybridized carbons (Fsp3) is 0.600. The summed E-state index contributed by atoms with van der Waals surface area (Å²) in [5.41, 5.74) is 0. The van der Waals surface area contributed by atoms with Crippen LogP contribution in [0.4, 0.5) is 0 Å². The summed E-state index contributed by atoms with van der Waals surface area (Å²) in [6.45, 7) is 1.89. The van der Waals surface area contributed by atoms with Gasteiger partial charge in [0.2, 0.25) is 0 Å². The lowest BCUT2D eigenvalue weighted by molar-refractivity contribution is -0.158. The van der Waals surface area contributed by atoms with E-state index in [2.05, 4.69) is 21.3 Å². The van der Waals surface area contributed by atoms with Crippen molar-refractivity contribution in [2.45, 2.75) is 19.8 Å². The van der Waals surface area contributed by atoms with E-state index in [9.17, 15) is 9.59 Å². The highest BCUT2D eigenvalue weighted by molar-refractivity contribution is 5.95. The van der Waals surface area contributed by atoms with Crippen LogP contribution in [0.1, 0.15) is 19.8 Å². The van der Waals surface area contributed by atoms with E-state index in [4.69, 9.17) is 0 Å². The number of hydrogen-bond acceptors (Lipinski definition) is 4. The van der Waals surface area contributed by atoms with Crippen molar-refractivity contribution < 1.29 is 19.1 Å². The Bertz CT molecular complexity index is 243. The Morgan fingerprint density at radius 2 is 1.64 bits per heavy atom. The standard InChI is InChI=1S/C10H14O4/c1-4-5-6-7-8(9(11)13-2)10(12)14-3/h8H,4,7H2,1-3H3. The zero-order chi connectivity index (χ0) is 11.0. The van der Waals surface area contributed by atoms with Gasteiger partial charge in [0, 0.05) is 12.8 Å². The van der Waals surface area contributed by atoms with Crippen LogP contribution < -0.4 is 0 Å². The Kier molecular flexibility index (Phi) is 6.21. The Morgan fingerprint density at radius 3 is 2.00 bits per heavy atom. The molecule has 0 saturated carbocycles. The van der Waals surface area contributed by atoms with Gasteiger partial charge in [0.1, 0.15) is 0 Å². The second kappa shape index (κ2) is 6.96. The summed E-state index contributed by atoms with van der Waals surface area (Å²) in [6.07, 6.45) is 0.836. The molecule has 0 aliphatic heterocycles. The lowest BCUT2D eigenvalue weighted by atomic mass is 10.1. The lowest BCUT2D eigenvalue weighted by Crippen LogP contribution is -2.26. The smallest absolute Gasteiger partial charge is 0.321 e. The van der Waals surface area contributed by atoms with Crippen molar-refractivity contribution in [3.05, 3.63) is 0 Å². The van der Waals surface area contributed by atoms with E-state index in [-0.39, 0.29) is 6.42 Å². The van der Waals surface area contributed by atoms with Crippen LogP contribution in [-0.4, -0.2) is 26.2 Å². The van der Waals surface area contributed by atoms with Crippen LogP contribution in [0.15, 0.2) is 0 Å². The summed E-state index contributed by atoms with van der Waals surface area (Å²) in [6, 6.07) is 0. The van der Waals surface area contributed by atoms with E-state index in [0.29, 0.717) is 6.42 Å². The topological polar surface area (TPSA) is 52.6 Å². The highest BCUT2D eigenvalue weighted by Crippen LogP contribution is 2.06. The van der Waals surface area contributed by atoms with Gasteiger partial charge in [0.05, 0.1) is 14.2 Å². The molecule has 0 fully saturated rings. The molecule has 0 aliphatic rings. The summed E-state index contributed by atoms with van der Waals surface area (Å²) in [4.78, 5) is 22.2. The molecule has 0 spiro atoms. The monoisotopic (exact) mass is 198 g/mol. The third-order valence-electron chi connectivity index (χ3n) is 1.58. The molecule has 0 radical (unpaired) electrons. The normalized spacial score (nSPS) is 8.86. The molecule has 4 nitrogen and oxygen atoms in total. The Labute approximate surface area is 83.6 Å². The average Bonchev–Trinajstić information content (AvgIpc) is 2.22. The minimum Gasteiger partial charge on any atom is -0.468 e. The van der Waals surface area contributed by atoms with Gasteiger partial charge in [-0.3, -0.25) is 9.59 Å². The van der Waals surface area contributed by atoms with E-state index in [1.54, 1.807) is 0 Å². The molecule has 78 valence electrons. The second-order valence-electron chi connectivity index (χ2n) is 2.51. The van der Waals surface area contributed by atoms with Gasteiger partial charge < -0.3 is 9.47 Å². The van der Waals surface area contributed by atoms with Crippen molar-refractivity contribution >= 4 is 11.9 Å². The summed E-state index contributed by atoms with van der Waals surface area (Å²) in [5.74, 6) is 3.34. The van der Waals surface area contributed by atoms with E-state index < -0.39 is 17.9 Å². The highest BCUT2D eigenvalue weighted by atomic mass is 16.5. The van der Waals surface area contributed by atoms with Crippen LogP contribution in [0.25, 0.3) is 0 Å². The largest absolute Gasteiger partial charge is 0.468 e. The predicted molar refractivity (Wildman–Crippen MR) is 50.2 cm³/mol. The van der Waals surface area contributed by atoms with Crippen LogP contribution in [0.5, 0.6) is 0 Å². The van der Waals surface area contributed by atoms with Gasteiger partial charge in [0.15, 0.2) is 5.92 Å². The van der Waals surface area contributed by atoms with Crippen LogP contribution in [0, 0.1) is 17.8 Å². The third kappa shape index (κ3) is 3.94. The summed E-state index contributed by atoms with van der Waals surface area (Å²) >= 11 is 0. The summed E-state index contributed by atoms with van der Waals surface area (Å²) in [7, 11) is 2.46. The fourth-order valence-corrected chi connectivity index (χ4v) is 0.847. The van der Waals surface area contributed by atoms with Crippen molar-refractivity contribution in [1.29, 1.82) is 0 Å². The molecule has 14 heavy (non-hydrogen) atoms. The number of methoxy groups -OCH3 is 2. The molecule has 0 bridgehead atoms. The van der Waals surface area contributed by atoms with Gasteiger partial charge >= 0.3 is 11.9 Å². The number of hydrogen-bond donors (Lipinski definition) is 0. The first-order valence-electron chi connectivity index (χ1n) is 4.28. The number of carbonyl (C=O) groups excluding carboxylic acids is 2. The van der Waals surface area contributed by atoms with Crippen molar-refractivity contribution in [2.24, 2.45) is 5.92 Å². The maximum Gasteiger partial charge on any atom is 0.321 e. The molecular formula is C10H14O4. The summed E-state index contributed by atoms with van der Waals surface area (Å²) < 4.78 is 8.92. The molecule has 0 aromatic carbocycles. The molecule has 0 N–H and O–H groups in total. The minimum atomic E-state index is -0.927. The number of carbonyl (C=O) groups is 2. The molecule has 4 heteroatoms. The first-order valence-corrected chi connectivity index (χ1v) is 4.28.